The standard InChI is InChI=1S/2C14H11.2CH3O.CH2.Ti/c2*1-10-6-7-14-12(8-10)9-11-4-2-3-5-13(11)14;2*1-2;;/h2*2-7H,9H2,1H3;2*1H3;1H2;/q4*-1;;+2. The van der Waals surface area contributed by atoms with Gasteiger partial charge in [-0.3, -0.25) is 0 Å². The van der Waals surface area contributed by atoms with Crippen molar-refractivity contribution in [1.29, 1.82) is 0 Å². The minimum absolute atomic E-state index is 0.750. The van der Waals surface area contributed by atoms with E-state index in [0.717, 1.165) is 27.1 Å². The molecule has 0 fully saturated rings. The van der Waals surface area contributed by atoms with E-state index in [0.29, 0.717) is 0 Å². The van der Waals surface area contributed by atoms with Crippen LogP contribution in [0, 0.1) is 26.0 Å². The summed E-state index contributed by atoms with van der Waals surface area (Å²) in [6.45, 7) is 4.20. The molecule has 0 saturated heterocycles. The average Bonchev–Trinajstić information content (AvgIpc) is 3.45. The molecule has 172 valence electrons. The summed E-state index contributed by atoms with van der Waals surface area (Å²) in [4.78, 5) is 3.25. The second kappa shape index (κ2) is 13.9. The van der Waals surface area contributed by atoms with Crippen LogP contribution in [0.5, 0.6) is 0 Å². The Morgan fingerprint density at radius 1 is 0.559 bits per heavy atom. The zero-order valence-corrected chi connectivity index (χ0v) is 21.9. The molecule has 0 atom stereocenters. The van der Waals surface area contributed by atoms with Gasteiger partial charge in [0.2, 0.25) is 0 Å². The Morgan fingerprint density at radius 2 is 0.912 bits per heavy atom. The summed E-state index contributed by atoms with van der Waals surface area (Å²) in [6, 6.07) is 32.8. The summed E-state index contributed by atoms with van der Waals surface area (Å²) in [5.74, 6) is 0. The maximum atomic E-state index is 8.25. The van der Waals surface area contributed by atoms with E-state index in [9.17, 15) is 0 Å². The Bertz CT molecular complexity index is 1120. The summed E-state index contributed by atoms with van der Waals surface area (Å²) in [6.07, 6.45) is 2.10. The number of benzene rings is 4. The van der Waals surface area contributed by atoms with Gasteiger partial charge in [0.15, 0.2) is 0 Å². The average molecular weight is 482 g/mol. The van der Waals surface area contributed by atoms with Gasteiger partial charge in [-0.05, 0) is 12.8 Å². The molecule has 4 aromatic rings. The number of fused-ring (bicyclic) bond motifs is 6. The van der Waals surface area contributed by atoms with Crippen LogP contribution in [-0.4, -0.2) is 19.0 Å². The van der Waals surface area contributed by atoms with Crippen molar-refractivity contribution in [1.82, 2.24) is 0 Å². The van der Waals surface area contributed by atoms with Crippen molar-refractivity contribution in [2.24, 2.45) is 0 Å². The molecule has 4 aromatic carbocycles. The van der Waals surface area contributed by atoms with Crippen LogP contribution in [0.1, 0.15) is 33.4 Å². The van der Waals surface area contributed by atoms with Gasteiger partial charge in [0.25, 0.3) is 0 Å². The molecule has 34 heavy (non-hydrogen) atoms. The predicted molar refractivity (Wildman–Crippen MR) is 135 cm³/mol. The van der Waals surface area contributed by atoms with Gasteiger partial charge < -0.3 is 10.2 Å². The second-order valence-corrected chi connectivity index (χ2v) is 7.73. The molecule has 0 saturated carbocycles. The molecule has 0 heterocycles. The molecule has 0 spiro atoms. The first-order valence-electron chi connectivity index (χ1n) is 11.1. The van der Waals surface area contributed by atoms with Gasteiger partial charge >= 0.3 is 24.8 Å². The van der Waals surface area contributed by atoms with Gasteiger partial charge in [-0.2, -0.15) is 61.7 Å². The molecule has 0 amide bonds. The van der Waals surface area contributed by atoms with Gasteiger partial charge in [0.05, 0.1) is 0 Å². The molecule has 6 rings (SSSR count). The third-order valence-corrected chi connectivity index (χ3v) is 5.70. The Labute approximate surface area is 215 Å². The molecule has 0 bridgehead atoms. The monoisotopic (exact) mass is 482 g/mol. The van der Waals surface area contributed by atoms with Crippen LogP contribution in [0.15, 0.2) is 72.8 Å². The fourth-order valence-corrected chi connectivity index (χ4v) is 4.35. The van der Waals surface area contributed by atoms with E-state index in [2.05, 4.69) is 104 Å². The number of aryl methyl sites for hydroxylation is 2. The normalized spacial score (nSPS) is 10.7. The van der Waals surface area contributed by atoms with Crippen LogP contribution < -0.4 is 10.2 Å². The Balaban J connectivity index is 0.000000198. The van der Waals surface area contributed by atoms with E-state index in [1.807, 2.05) is 0 Å². The number of hydrogen-bond acceptors (Lipinski definition) is 2. The summed E-state index contributed by atoms with van der Waals surface area (Å²) in [7, 11) is 1.50. The quantitative estimate of drug-likeness (QED) is 0.234. The summed E-state index contributed by atoms with van der Waals surface area (Å²) in [5, 5.41) is 16.5. The van der Waals surface area contributed by atoms with Crippen molar-refractivity contribution in [3.8, 4) is 22.3 Å². The second-order valence-electron chi connectivity index (χ2n) is 7.73. The van der Waals surface area contributed by atoms with Crippen molar-refractivity contribution in [2.75, 3.05) is 14.2 Å². The van der Waals surface area contributed by atoms with E-state index in [1.165, 1.54) is 55.6 Å². The van der Waals surface area contributed by atoms with Crippen LogP contribution in [-0.2, 0) is 32.8 Å². The zero-order chi connectivity index (χ0) is 25.1. The molecule has 0 unspecified atom stereocenters. The first-order chi connectivity index (χ1) is 16.7. The van der Waals surface area contributed by atoms with E-state index in [-0.39, 0.29) is 0 Å². The van der Waals surface area contributed by atoms with Crippen LogP contribution in [0.3, 0.4) is 0 Å². The van der Waals surface area contributed by atoms with Gasteiger partial charge in [0, 0.05) is 0 Å². The van der Waals surface area contributed by atoms with Crippen molar-refractivity contribution < 1.29 is 30.2 Å². The predicted octanol–water partition coefficient (Wildman–Crippen LogP) is 4.65. The van der Waals surface area contributed by atoms with Crippen molar-refractivity contribution in [3.05, 3.63) is 118 Å². The molecule has 0 aromatic heterocycles. The Kier molecular flexibility index (Phi) is 11.3. The molecule has 0 N–H and O–H groups in total. The van der Waals surface area contributed by atoms with E-state index in [1.54, 1.807) is 20.0 Å². The molecule has 2 aliphatic rings. The van der Waals surface area contributed by atoms with Crippen LogP contribution in [0.25, 0.3) is 22.3 Å². The summed E-state index contributed by atoms with van der Waals surface area (Å²) in [5.41, 5.74) is 13.6. The topological polar surface area (TPSA) is 46.1 Å². The van der Waals surface area contributed by atoms with Crippen molar-refractivity contribution in [3.63, 3.8) is 0 Å². The molecule has 0 aliphatic heterocycles. The first kappa shape index (κ1) is 27.6. The van der Waals surface area contributed by atoms with Crippen LogP contribution >= 0.6 is 0 Å². The minimum atomic E-state index is 0.750. The molecule has 0 radical (unpaired) electrons. The first-order valence-corrected chi connectivity index (χ1v) is 12.2. The van der Waals surface area contributed by atoms with Gasteiger partial charge in [0.1, 0.15) is 0 Å². The third-order valence-electron chi connectivity index (χ3n) is 5.70. The molecule has 2 nitrogen and oxygen atoms in total. The Morgan fingerprint density at radius 3 is 1.29 bits per heavy atom. The Hall–Kier alpha value is -2.62. The molecule has 2 aliphatic carbocycles. The summed E-state index contributed by atoms with van der Waals surface area (Å²) >= 11 is 1.75. The van der Waals surface area contributed by atoms with Gasteiger partial charge in [-0.15, -0.1) is 22.3 Å². The molecular weight excluding hydrogens is 452 g/mol. The number of hydrogen-bond donors (Lipinski definition) is 0. The van der Waals surface area contributed by atoms with Crippen LogP contribution in [0.4, 0.5) is 0 Å². The van der Waals surface area contributed by atoms with Crippen molar-refractivity contribution in [2.45, 2.75) is 26.7 Å². The van der Waals surface area contributed by atoms with Gasteiger partial charge in [-0.25, -0.2) is 0 Å². The van der Waals surface area contributed by atoms with Gasteiger partial charge in [-0.1, -0.05) is 84.6 Å². The van der Waals surface area contributed by atoms with Crippen molar-refractivity contribution >= 4 is 4.82 Å². The third kappa shape index (κ3) is 6.28. The molecule has 3 heteroatoms. The van der Waals surface area contributed by atoms with E-state index >= 15 is 0 Å². The maximum absolute atomic E-state index is 8.25. The van der Waals surface area contributed by atoms with E-state index in [4.69, 9.17) is 10.2 Å². The fraction of sp³-hybridized carbons (Fsp3) is 0.194. The van der Waals surface area contributed by atoms with E-state index < -0.39 is 0 Å². The number of rotatable bonds is 0. The zero-order valence-electron chi connectivity index (χ0n) is 20.4. The summed E-state index contributed by atoms with van der Waals surface area (Å²) < 4.78 is 0. The van der Waals surface area contributed by atoms with Crippen LogP contribution in [0.2, 0.25) is 0 Å². The molecular formula is C31H30O2Ti-2. The SMILES string of the molecule is C[O-].C[O-].Cc1[c-]c2c(cc1)-c1ccccc1C2.Cc1[c-]c2c(cc1)-c1ccccc1C2.[CH2]=[Ti+2]. The fourth-order valence-electron chi connectivity index (χ4n) is 4.35.